The number of nitrogen functional groups attached to an aromatic ring is 1. The highest BCUT2D eigenvalue weighted by Crippen LogP contribution is 2.11. The van der Waals surface area contributed by atoms with Crippen molar-refractivity contribution in [3.8, 4) is 0 Å². The van der Waals surface area contributed by atoms with Crippen LogP contribution in [0.2, 0.25) is 0 Å². The summed E-state index contributed by atoms with van der Waals surface area (Å²) in [5, 5.41) is 5.83. The Morgan fingerprint density at radius 3 is 2.79 bits per heavy atom. The van der Waals surface area contributed by atoms with Gasteiger partial charge in [0.05, 0.1) is 11.3 Å². The maximum Gasteiger partial charge on any atom is 0.252 e. The van der Waals surface area contributed by atoms with Gasteiger partial charge in [-0.05, 0) is 24.3 Å². The van der Waals surface area contributed by atoms with Crippen LogP contribution in [0.1, 0.15) is 10.4 Å². The standard InChI is InChI=1S/C13H15N5O/c14-11-4-2-6-16-12(11)17-7-8-18-13(19)10-3-1-5-15-9-10/h1-6,9H,7-8,14H2,(H,16,17)(H,18,19). The van der Waals surface area contributed by atoms with Crippen LogP contribution in [-0.2, 0) is 0 Å². The van der Waals surface area contributed by atoms with Crippen molar-refractivity contribution in [1.29, 1.82) is 0 Å². The summed E-state index contributed by atoms with van der Waals surface area (Å²) in [5.41, 5.74) is 6.86. The summed E-state index contributed by atoms with van der Waals surface area (Å²) in [5.74, 6) is 0.474. The zero-order chi connectivity index (χ0) is 13.5. The number of nitrogens with zero attached hydrogens (tertiary/aromatic N) is 2. The fraction of sp³-hybridized carbons (Fsp3) is 0.154. The van der Waals surface area contributed by atoms with E-state index in [4.69, 9.17) is 5.73 Å². The smallest absolute Gasteiger partial charge is 0.252 e. The first kappa shape index (κ1) is 12.8. The van der Waals surface area contributed by atoms with Crippen LogP contribution in [-0.4, -0.2) is 29.0 Å². The van der Waals surface area contributed by atoms with Gasteiger partial charge in [-0.3, -0.25) is 9.78 Å². The summed E-state index contributed by atoms with van der Waals surface area (Å²) in [7, 11) is 0. The van der Waals surface area contributed by atoms with E-state index in [9.17, 15) is 4.79 Å². The highest BCUT2D eigenvalue weighted by atomic mass is 16.1. The summed E-state index contributed by atoms with van der Waals surface area (Å²) >= 11 is 0. The van der Waals surface area contributed by atoms with E-state index in [1.165, 1.54) is 6.20 Å². The van der Waals surface area contributed by atoms with Gasteiger partial charge in [0.15, 0.2) is 0 Å². The molecule has 19 heavy (non-hydrogen) atoms. The molecule has 0 aromatic carbocycles. The molecule has 0 atom stereocenters. The van der Waals surface area contributed by atoms with Crippen molar-refractivity contribution in [2.45, 2.75) is 0 Å². The molecule has 2 heterocycles. The van der Waals surface area contributed by atoms with Crippen molar-refractivity contribution in [3.05, 3.63) is 48.4 Å². The molecule has 2 aromatic rings. The second kappa shape index (κ2) is 6.34. The summed E-state index contributed by atoms with van der Waals surface area (Å²) in [4.78, 5) is 19.7. The third kappa shape index (κ3) is 3.67. The van der Waals surface area contributed by atoms with Crippen LogP contribution in [0.5, 0.6) is 0 Å². The number of carbonyl (C=O) groups excluding carboxylic acids is 1. The Labute approximate surface area is 111 Å². The largest absolute Gasteiger partial charge is 0.396 e. The first-order valence-electron chi connectivity index (χ1n) is 5.90. The lowest BCUT2D eigenvalue weighted by molar-refractivity contribution is 0.0955. The van der Waals surface area contributed by atoms with E-state index in [0.29, 0.717) is 30.2 Å². The normalized spacial score (nSPS) is 9.89. The molecule has 0 fully saturated rings. The van der Waals surface area contributed by atoms with E-state index in [2.05, 4.69) is 20.6 Å². The molecular weight excluding hydrogens is 242 g/mol. The summed E-state index contributed by atoms with van der Waals surface area (Å²) in [6, 6.07) is 6.97. The molecule has 4 N–H and O–H groups in total. The molecule has 6 heteroatoms. The quantitative estimate of drug-likeness (QED) is 0.692. The van der Waals surface area contributed by atoms with E-state index >= 15 is 0 Å². The van der Waals surface area contributed by atoms with E-state index < -0.39 is 0 Å². The third-order valence-electron chi connectivity index (χ3n) is 2.47. The van der Waals surface area contributed by atoms with Crippen molar-refractivity contribution in [2.24, 2.45) is 0 Å². The third-order valence-corrected chi connectivity index (χ3v) is 2.47. The van der Waals surface area contributed by atoms with Crippen LogP contribution in [0.15, 0.2) is 42.9 Å². The lowest BCUT2D eigenvalue weighted by atomic mass is 10.3. The molecule has 0 spiro atoms. The number of nitrogens with one attached hydrogen (secondary N) is 2. The van der Waals surface area contributed by atoms with Gasteiger partial charge in [-0.2, -0.15) is 0 Å². The number of anilines is 2. The second-order valence-corrected chi connectivity index (χ2v) is 3.87. The molecular formula is C13H15N5O. The molecule has 0 aliphatic carbocycles. The van der Waals surface area contributed by atoms with E-state index in [0.717, 1.165) is 0 Å². The second-order valence-electron chi connectivity index (χ2n) is 3.87. The molecule has 0 saturated carbocycles. The fourth-order valence-electron chi connectivity index (χ4n) is 1.52. The van der Waals surface area contributed by atoms with E-state index in [1.807, 2.05) is 0 Å². The number of aromatic nitrogens is 2. The molecule has 0 unspecified atom stereocenters. The Kier molecular flexibility index (Phi) is 4.28. The lowest BCUT2D eigenvalue weighted by Crippen LogP contribution is -2.29. The number of hydrogen-bond acceptors (Lipinski definition) is 5. The minimum atomic E-state index is -0.149. The predicted octanol–water partition coefficient (Wildman–Crippen LogP) is 0.901. The Morgan fingerprint density at radius 2 is 2.05 bits per heavy atom. The molecule has 1 amide bonds. The van der Waals surface area contributed by atoms with Gasteiger partial charge in [0.1, 0.15) is 5.82 Å². The minimum Gasteiger partial charge on any atom is -0.396 e. The van der Waals surface area contributed by atoms with Crippen molar-refractivity contribution in [2.75, 3.05) is 24.1 Å². The van der Waals surface area contributed by atoms with E-state index in [-0.39, 0.29) is 5.91 Å². The zero-order valence-corrected chi connectivity index (χ0v) is 10.3. The Morgan fingerprint density at radius 1 is 1.21 bits per heavy atom. The molecule has 6 nitrogen and oxygen atoms in total. The Hall–Kier alpha value is -2.63. The molecule has 0 aliphatic rings. The maximum atomic E-state index is 11.7. The average molecular weight is 257 g/mol. The van der Waals surface area contributed by atoms with Gasteiger partial charge >= 0.3 is 0 Å². The van der Waals surface area contributed by atoms with Gasteiger partial charge in [0.2, 0.25) is 0 Å². The average Bonchev–Trinajstić information content (AvgIpc) is 2.46. The van der Waals surface area contributed by atoms with Gasteiger partial charge in [-0.1, -0.05) is 0 Å². The minimum absolute atomic E-state index is 0.149. The monoisotopic (exact) mass is 257 g/mol. The number of rotatable bonds is 5. The topological polar surface area (TPSA) is 92.9 Å². The molecule has 2 aromatic heterocycles. The Balaban J connectivity index is 1.76. The number of hydrogen-bond donors (Lipinski definition) is 3. The van der Waals surface area contributed by atoms with Crippen molar-refractivity contribution in [3.63, 3.8) is 0 Å². The molecule has 0 radical (unpaired) electrons. The number of nitrogens with two attached hydrogens (primary N) is 1. The van der Waals surface area contributed by atoms with Gasteiger partial charge < -0.3 is 16.4 Å². The van der Waals surface area contributed by atoms with Gasteiger partial charge in [0.25, 0.3) is 5.91 Å². The first-order valence-corrected chi connectivity index (χ1v) is 5.90. The van der Waals surface area contributed by atoms with Crippen molar-refractivity contribution < 1.29 is 4.79 Å². The van der Waals surface area contributed by atoms with Crippen LogP contribution in [0.25, 0.3) is 0 Å². The van der Waals surface area contributed by atoms with Crippen LogP contribution < -0.4 is 16.4 Å². The molecule has 2 rings (SSSR count). The highest BCUT2D eigenvalue weighted by Gasteiger charge is 2.04. The number of carbonyl (C=O) groups is 1. The van der Waals surface area contributed by atoms with Crippen LogP contribution >= 0.6 is 0 Å². The van der Waals surface area contributed by atoms with Crippen LogP contribution in [0.4, 0.5) is 11.5 Å². The van der Waals surface area contributed by atoms with Gasteiger partial charge in [0, 0.05) is 31.7 Å². The van der Waals surface area contributed by atoms with Crippen molar-refractivity contribution >= 4 is 17.4 Å². The van der Waals surface area contributed by atoms with Gasteiger partial charge in [-0.15, -0.1) is 0 Å². The van der Waals surface area contributed by atoms with E-state index in [1.54, 1.807) is 36.7 Å². The maximum absolute atomic E-state index is 11.7. The lowest BCUT2D eigenvalue weighted by Gasteiger charge is -2.08. The SMILES string of the molecule is Nc1cccnc1NCCNC(=O)c1cccnc1. The zero-order valence-electron chi connectivity index (χ0n) is 10.3. The molecule has 0 aliphatic heterocycles. The number of pyridine rings is 2. The first-order chi connectivity index (χ1) is 9.27. The number of amides is 1. The molecule has 98 valence electrons. The summed E-state index contributed by atoms with van der Waals surface area (Å²) in [6.45, 7) is 1.02. The molecule has 0 bridgehead atoms. The highest BCUT2D eigenvalue weighted by molar-refractivity contribution is 5.93. The predicted molar refractivity (Wildman–Crippen MR) is 73.7 cm³/mol. The van der Waals surface area contributed by atoms with Gasteiger partial charge in [-0.25, -0.2) is 4.98 Å². The van der Waals surface area contributed by atoms with Crippen LogP contribution in [0.3, 0.4) is 0 Å². The summed E-state index contributed by atoms with van der Waals surface area (Å²) < 4.78 is 0. The molecule has 0 saturated heterocycles. The van der Waals surface area contributed by atoms with Crippen molar-refractivity contribution in [1.82, 2.24) is 15.3 Å². The summed E-state index contributed by atoms with van der Waals surface area (Å²) in [6.07, 6.45) is 4.81. The fourth-order valence-corrected chi connectivity index (χ4v) is 1.52. The Bertz CT molecular complexity index is 544. The van der Waals surface area contributed by atoms with Crippen LogP contribution in [0, 0.1) is 0 Å².